The molecule has 0 spiro atoms. The van der Waals surface area contributed by atoms with Crippen molar-refractivity contribution in [3.05, 3.63) is 48.2 Å². The number of halogens is 3. The average Bonchev–Trinajstić information content (AvgIpc) is 2.87. The van der Waals surface area contributed by atoms with Crippen LogP contribution in [0.2, 0.25) is 0 Å². The van der Waals surface area contributed by atoms with Gasteiger partial charge in [0.1, 0.15) is 17.1 Å². The molecule has 0 atom stereocenters. The predicted molar refractivity (Wildman–Crippen MR) is 75.6 cm³/mol. The van der Waals surface area contributed by atoms with Gasteiger partial charge >= 0.3 is 6.18 Å². The lowest BCUT2D eigenvalue weighted by atomic mass is 10.1. The molecule has 0 aliphatic heterocycles. The second-order valence-electron chi connectivity index (χ2n) is 4.38. The Morgan fingerprint density at radius 3 is 2.67 bits per heavy atom. The van der Waals surface area contributed by atoms with Crippen molar-refractivity contribution in [2.24, 2.45) is 0 Å². The molecule has 0 aliphatic rings. The quantitative estimate of drug-likeness (QED) is 0.699. The van der Waals surface area contributed by atoms with Crippen LogP contribution < -0.4 is 10.5 Å². The van der Waals surface area contributed by atoms with Crippen molar-refractivity contribution >= 4 is 27.3 Å². The summed E-state index contributed by atoms with van der Waals surface area (Å²) in [6.45, 7) is 0. The highest BCUT2D eigenvalue weighted by molar-refractivity contribution is 7.13. The number of alkyl halides is 3. The summed E-state index contributed by atoms with van der Waals surface area (Å²) in [5.41, 5.74) is 4.55. The second kappa shape index (κ2) is 4.92. The van der Waals surface area contributed by atoms with Crippen LogP contribution in [0.15, 0.2) is 42.6 Å². The van der Waals surface area contributed by atoms with Gasteiger partial charge in [-0.15, -0.1) is 0 Å². The van der Waals surface area contributed by atoms with Gasteiger partial charge in [0.15, 0.2) is 0 Å². The Morgan fingerprint density at radius 2 is 1.90 bits per heavy atom. The number of hydrogen-bond acceptors (Lipinski definition) is 4. The fraction of sp³-hybridized carbons (Fsp3) is 0.0714. The molecule has 3 nitrogen and oxygen atoms in total. The molecule has 3 rings (SSSR count). The van der Waals surface area contributed by atoms with Crippen molar-refractivity contribution in [2.75, 3.05) is 5.73 Å². The molecule has 2 aromatic carbocycles. The summed E-state index contributed by atoms with van der Waals surface area (Å²) in [6.07, 6.45) is -2.89. The van der Waals surface area contributed by atoms with Gasteiger partial charge in [0, 0.05) is 17.3 Å². The number of fused-ring (bicyclic) bond motifs is 1. The normalized spacial score (nSPS) is 11.8. The van der Waals surface area contributed by atoms with Crippen LogP contribution in [0.1, 0.15) is 5.56 Å². The fourth-order valence-electron chi connectivity index (χ4n) is 1.90. The molecule has 0 saturated heterocycles. The number of ether oxygens (including phenoxy) is 1. The van der Waals surface area contributed by atoms with Crippen molar-refractivity contribution in [1.82, 2.24) is 4.37 Å². The molecule has 0 radical (unpaired) electrons. The van der Waals surface area contributed by atoms with E-state index in [1.165, 1.54) is 23.7 Å². The number of rotatable bonds is 2. The van der Waals surface area contributed by atoms with Gasteiger partial charge in [0.05, 0.1) is 4.70 Å². The molecule has 21 heavy (non-hydrogen) atoms. The first-order valence-electron chi connectivity index (χ1n) is 5.92. The molecule has 3 aromatic rings. The van der Waals surface area contributed by atoms with E-state index >= 15 is 0 Å². The maximum atomic E-state index is 13.0. The lowest BCUT2D eigenvalue weighted by molar-refractivity contribution is -0.138. The van der Waals surface area contributed by atoms with E-state index < -0.39 is 11.7 Å². The molecule has 2 N–H and O–H groups in total. The van der Waals surface area contributed by atoms with Crippen LogP contribution in [0.25, 0.3) is 10.1 Å². The van der Waals surface area contributed by atoms with Crippen molar-refractivity contribution < 1.29 is 17.9 Å². The first-order valence-corrected chi connectivity index (χ1v) is 6.70. The zero-order chi connectivity index (χ0) is 15.0. The van der Waals surface area contributed by atoms with Gasteiger partial charge in [-0.25, -0.2) is 0 Å². The monoisotopic (exact) mass is 310 g/mol. The molecule has 0 unspecified atom stereocenters. The SMILES string of the molecule is Nc1ccc(Oc2ccc3sncc3c2)c(C(F)(F)F)c1. The third-order valence-corrected chi connectivity index (χ3v) is 3.64. The van der Waals surface area contributed by atoms with E-state index in [1.54, 1.807) is 24.4 Å². The van der Waals surface area contributed by atoms with E-state index in [0.29, 0.717) is 5.75 Å². The van der Waals surface area contributed by atoms with Gasteiger partial charge in [-0.3, -0.25) is 0 Å². The summed E-state index contributed by atoms with van der Waals surface area (Å²) in [7, 11) is 0. The highest BCUT2D eigenvalue weighted by atomic mass is 32.1. The first-order chi connectivity index (χ1) is 9.93. The van der Waals surface area contributed by atoms with Crippen LogP contribution in [0.4, 0.5) is 18.9 Å². The summed E-state index contributed by atoms with van der Waals surface area (Å²) in [5, 5.41) is 0.821. The molecular formula is C14H9F3N2OS. The van der Waals surface area contributed by atoms with Crippen LogP contribution in [-0.2, 0) is 6.18 Å². The number of benzene rings is 2. The average molecular weight is 310 g/mol. The third kappa shape index (κ3) is 2.78. The minimum absolute atomic E-state index is 0.0344. The number of nitrogens with zero attached hydrogens (tertiary/aromatic N) is 1. The summed E-state index contributed by atoms with van der Waals surface area (Å²) >= 11 is 1.31. The number of aromatic nitrogens is 1. The zero-order valence-corrected chi connectivity index (χ0v) is 11.3. The van der Waals surface area contributed by atoms with E-state index in [-0.39, 0.29) is 11.4 Å². The summed E-state index contributed by atoms with van der Waals surface area (Å²) in [4.78, 5) is 0. The topological polar surface area (TPSA) is 48.1 Å². The van der Waals surface area contributed by atoms with Gasteiger partial charge in [0.25, 0.3) is 0 Å². The molecule has 1 aromatic heterocycles. The Balaban J connectivity index is 2.00. The van der Waals surface area contributed by atoms with E-state index in [1.807, 2.05) is 0 Å². The predicted octanol–water partition coefficient (Wildman–Crippen LogP) is 4.69. The summed E-state index contributed by atoms with van der Waals surface area (Å²) in [6, 6.07) is 8.46. The van der Waals surface area contributed by atoms with Gasteiger partial charge < -0.3 is 10.5 Å². The highest BCUT2D eigenvalue weighted by Crippen LogP contribution is 2.39. The summed E-state index contributed by atoms with van der Waals surface area (Å²) < 4.78 is 49.3. The van der Waals surface area contributed by atoms with Crippen LogP contribution in [0.5, 0.6) is 11.5 Å². The molecular weight excluding hydrogens is 301 g/mol. The second-order valence-corrected chi connectivity index (χ2v) is 5.21. The lowest BCUT2D eigenvalue weighted by Gasteiger charge is -2.14. The number of hydrogen-bond donors (Lipinski definition) is 1. The molecule has 0 bridgehead atoms. The molecule has 108 valence electrons. The van der Waals surface area contributed by atoms with Crippen LogP contribution >= 0.6 is 11.5 Å². The highest BCUT2D eigenvalue weighted by Gasteiger charge is 2.34. The Morgan fingerprint density at radius 1 is 1.10 bits per heavy atom. The Kier molecular flexibility index (Phi) is 3.21. The third-order valence-electron chi connectivity index (χ3n) is 2.86. The number of nitrogen functional groups attached to an aromatic ring is 1. The van der Waals surface area contributed by atoms with Crippen LogP contribution in [0.3, 0.4) is 0 Å². The molecule has 0 fully saturated rings. The molecule has 0 amide bonds. The van der Waals surface area contributed by atoms with Crippen LogP contribution in [0, 0.1) is 0 Å². The minimum atomic E-state index is -4.53. The van der Waals surface area contributed by atoms with Gasteiger partial charge in [-0.2, -0.15) is 17.5 Å². The van der Waals surface area contributed by atoms with E-state index in [9.17, 15) is 13.2 Å². The van der Waals surface area contributed by atoms with Crippen LogP contribution in [-0.4, -0.2) is 4.37 Å². The Labute approximate surface area is 121 Å². The van der Waals surface area contributed by atoms with E-state index in [4.69, 9.17) is 10.5 Å². The lowest BCUT2D eigenvalue weighted by Crippen LogP contribution is -2.08. The molecule has 1 heterocycles. The smallest absolute Gasteiger partial charge is 0.420 e. The largest absolute Gasteiger partial charge is 0.457 e. The van der Waals surface area contributed by atoms with Crippen molar-refractivity contribution in [1.29, 1.82) is 0 Å². The standard InChI is InChI=1S/C14H9F3N2OS/c15-14(16,17)11-6-9(18)1-3-12(11)20-10-2-4-13-8(5-10)7-19-21-13/h1-7H,18H2. The van der Waals surface area contributed by atoms with E-state index in [2.05, 4.69) is 4.37 Å². The number of nitrogens with two attached hydrogens (primary N) is 1. The molecule has 7 heteroatoms. The summed E-state index contributed by atoms with van der Waals surface area (Å²) in [5.74, 6) is 0.0391. The zero-order valence-electron chi connectivity index (χ0n) is 10.5. The molecule has 0 aliphatic carbocycles. The van der Waals surface area contributed by atoms with Gasteiger partial charge in [-0.05, 0) is 47.9 Å². The number of anilines is 1. The first kappa shape index (κ1) is 13.7. The van der Waals surface area contributed by atoms with Gasteiger partial charge in [0.2, 0.25) is 0 Å². The fourth-order valence-corrected chi connectivity index (χ4v) is 2.52. The Bertz CT molecular complexity index is 798. The maximum absolute atomic E-state index is 13.0. The van der Waals surface area contributed by atoms with Crippen molar-refractivity contribution in [3.8, 4) is 11.5 Å². The molecule has 0 saturated carbocycles. The van der Waals surface area contributed by atoms with Crippen molar-refractivity contribution in [2.45, 2.75) is 6.18 Å². The maximum Gasteiger partial charge on any atom is 0.420 e. The minimum Gasteiger partial charge on any atom is -0.457 e. The van der Waals surface area contributed by atoms with Gasteiger partial charge in [-0.1, -0.05) is 0 Å². The Hall–Kier alpha value is -2.28. The van der Waals surface area contributed by atoms with E-state index in [0.717, 1.165) is 16.2 Å². The van der Waals surface area contributed by atoms with Crippen molar-refractivity contribution in [3.63, 3.8) is 0 Å².